The zero-order chi connectivity index (χ0) is 16.7. The van der Waals surface area contributed by atoms with Crippen molar-refractivity contribution in [3.05, 3.63) is 48.2 Å². The van der Waals surface area contributed by atoms with Gasteiger partial charge in [0.1, 0.15) is 6.23 Å². The molecule has 0 spiro atoms. The van der Waals surface area contributed by atoms with Gasteiger partial charge in [0, 0.05) is 42.2 Å². The third-order valence-corrected chi connectivity index (χ3v) is 3.86. The molecular formula is C17H26N4O2. The number of anilines is 2. The molecule has 2 unspecified atom stereocenters. The Hall–Kier alpha value is -2.02. The van der Waals surface area contributed by atoms with E-state index in [1.54, 1.807) is 0 Å². The Morgan fingerprint density at radius 3 is 2.61 bits per heavy atom. The molecule has 1 aromatic carbocycles. The molecule has 0 heterocycles. The van der Waals surface area contributed by atoms with E-state index < -0.39 is 11.8 Å². The average molecular weight is 318 g/mol. The van der Waals surface area contributed by atoms with Gasteiger partial charge in [0.05, 0.1) is 0 Å². The van der Waals surface area contributed by atoms with E-state index in [4.69, 9.17) is 16.6 Å². The number of aliphatic hydroxyl groups excluding tert-OH is 2. The van der Waals surface area contributed by atoms with Crippen LogP contribution >= 0.6 is 0 Å². The van der Waals surface area contributed by atoms with Gasteiger partial charge >= 0.3 is 0 Å². The SMILES string of the molecule is Nc1ccc(NCCC(O)NC2=CCC(N)(CCO)C=C2)cc1. The first-order chi connectivity index (χ1) is 11.0. The molecule has 8 N–H and O–H groups in total. The van der Waals surface area contributed by atoms with Crippen LogP contribution in [0.4, 0.5) is 11.4 Å². The quantitative estimate of drug-likeness (QED) is 0.313. The van der Waals surface area contributed by atoms with E-state index in [1.165, 1.54) is 0 Å². The van der Waals surface area contributed by atoms with Gasteiger partial charge in [-0.15, -0.1) is 0 Å². The average Bonchev–Trinajstić information content (AvgIpc) is 2.52. The van der Waals surface area contributed by atoms with E-state index in [2.05, 4.69) is 10.6 Å². The summed E-state index contributed by atoms with van der Waals surface area (Å²) in [6.45, 7) is 0.706. The highest BCUT2D eigenvalue weighted by Crippen LogP contribution is 2.20. The number of nitrogens with two attached hydrogens (primary N) is 2. The molecule has 126 valence electrons. The number of hydrogen-bond donors (Lipinski definition) is 6. The standard InChI is InChI=1S/C17H26N4O2/c18-13-1-3-14(4-2-13)20-11-7-16(23)21-15-5-8-17(19,9-6-15)10-12-22/h1-6,8,16,20-23H,7,9-12,18-19H2. The Kier molecular flexibility index (Phi) is 6.04. The molecule has 23 heavy (non-hydrogen) atoms. The molecule has 0 fully saturated rings. The summed E-state index contributed by atoms with van der Waals surface area (Å²) in [4.78, 5) is 0. The highest BCUT2D eigenvalue weighted by Gasteiger charge is 2.22. The molecule has 6 heteroatoms. The Balaban J connectivity index is 1.71. The van der Waals surface area contributed by atoms with Crippen LogP contribution < -0.4 is 22.1 Å². The minimum Gasteiger partial charge on any atom is -0.399 e. The summed E-state index contributed by atoms with van der Waals surface area (Å²) in [5, 5.41) is 25.3. The van der Waals surface area contributed by atoms with Gasteiger partial charge in [-0.05, 0) is 43.2 Å². The monoisotopic (exact) mass is 318 g/mol. The maximum Gasteiger partial charge on any atom is 0.126 e. The molecule has 0 amide bonds. The molecule has 2 rings (SSSR count). The summed E-state index contributed by atoms with van der Waals surface area (Å²) in [6, 6.07) is 7.48. The topological polar surface area (TPSA) is 117 Å². The molecule has 1 aliphatic rings. The number of benzene rings is 1. The molecule has 1 aliphatic carbocycles. The summed E-state index contributed by atoms with van der Waals surface area (Å²) in [6.07, 6.45) is 6.77. The number of hydrogen-bond acceptors (Lipinski definition) is 6. The van der Waals surface area contributed by atoms with Crippen LogP contribution in [0.15, 0.2) is 48.2 Å². The molecule has 0 radical (unpaired) electrons. The minimum atomic E-state index is -0.643. The highest BCUT2D eigenvalue weighted by molar-refractivity contribution is 5.51. The lowest BCUT2D eigenvalue weighted by Crippen LogP contribution is -2.40. The lowest BCUT2D eigenvalue weighted by Gasteiger charge is -2.28. The van der Waals surface area contributed by atoms with E-state index in [0.29, 0.717) is 25.8 Å². The van der Waals surface area contributed by atoms with Crippen LogP contribution in [0, 0.1) is 0 Å². The van der Waals surface area contributed by atoms with Crippen LogP contribution in [0.3, 0.4) is 0 Å². The van der Waals surface area contributed by atoms with Crippen LogP contribution in [0.25, 0.3) is 0 Å². The van der Waals surface area contributed by atoms with Gasteiger partial charge in [-0.25, -0.2) is 0 Å². The van der Waals surface area contributed by atoms with Crippen LogP contribution in [0.2, 0.25) is 0 Å². The molecule has 0 bridgehead atoms. The van der Waals surface area contributed by atoms with Crippen molar-refractivity contribution in [3.8, 4) is 0 Å². The van der Waals surface area contributed by atoms with Gasteiger partial charge < -0.3 is 32.3 Å². The molecule has 0 saturated heterocycles. The second-order valence-corrected chi connectivity index (χ2v) is 5.90. The number of nitrogen functional groups attached to an aromatic ring is 1. The maximum atomic E-state index is 10.0. The Bertz CT molecular complexity index is 556. The van der Waals surface area contributed by atoms with Crippen LogP contribution in [-0.4, -0.2) is 35.1 Å². The lowest BCUT2D eigenvalue weighted by atomic mass is 9.88. The third-order valence-electron chi connectivity index (χ3n) is 3.86. The molecular weight excluding hydrogens is 292 g/mol. The molecule has 0 saturated carbocycles. The van der Waals surface area contributed by atoms with E-state index in [-0.39, 0.29) is 6.61 Å². The van der Waals surface area contributed by atoms with Crippen molar-refractivity contribution in [2.45, 2.75) is 31.0 Å². The predicted molar refractivity (Wildman–Crippen MR) is 93.6 cm³/mol. The molecule has 6 nitrogen and oxygen atoms in total. The zero-order valence-corrected chi connectivity index (χ0v) is 13.2. The van der Waals surface area contributed by atoms with Crippen LogP contribution in [0.1, 0.15) is 19.3 Å². The number of rotatable bonds is 8. The van der Waals surface area contributed by atoms with Crippen molar-refractivity contribution >= 4 is 11.4 Å². The van der Waals surface area contributed by atoms with Crippen molar-refractivity contribution in [1.29, 1.82) is 0 Å². The fraction of sp³-hybridized carbons (Fsp3) is 0.412. The van der Waals surface area contributed by atoms with Gasteiger partial charge in [0.15, 0.2) is 0 Å². The Morgan fingerprint density at radius 2 is 2.00 bits per heavy atom. The second kappa shape index (κ2) is 8.01. The molecule has 2 atom stereocenters. The molecule has 0 aliphatic heterocycles. The van der Waals surface area contributed by atoms with Gasteiger partial charge in [-0.2, -0.15) is 0 Å². The molecule has 1 aromatic rings. The highest BCUT2D eigenvalue weighted by atomic mass is 16.3. The predicted octanol–water partition coefficient (Wildman–Crippen LogP) is 0.903. The fourth-order valence-corrected chi connectivity index (χ4v) is 2.41. The van der Waals surface area contributed by atoms with Crippen molar-refractivity contribution in [2.75, 3.05) is 24.2 Å². The third kappa shape index (κ3) is 5.59. The summed E-state index contributed by atoms with van der Waals surface area (Å²) in [5.74, 6) is 0. The number of nitrogens with one attached hydrogen (secondary N) is 2. The number of aliphatic hydroxyl groups is 2. The summed E-state index contributed by atoms with van der Waals surface area (Å²) < 4.78 is 0. The van der Waals surface area contributed by atoms with Crippen molar-refractivity contribution in [3.63, 3.8) is 0 Å². The minimum absolute atomic E-state index is 0.0663. The van der Waals surface area contributed by atoms with Gasteiger partial charge in [-0.3, -0.25) is 0 Å². The zero-order valence-electron chi connectivity index (χ0n) is 13.2. The second-order valence-electron chi connectivity index (χ2n) is 5.90. The summed E-state index contributed by atoms with van der Waals surface area (Å²) >= 11 is 0. The van der Waals surface area contributed by atoms with E-state index in [1.807, 2.05) is 42.5 Å². The maximum absolute atomic E-state index is 10.0. The van der Waals surface area contributed by atoms with Crippen molar-refractivity contribution in [1.82, 2.24) is 5.32 Å². The van der Waals surface area contributed by atoms with Gasteiger partial charge in [-0.1, -0.05) is 12.2 Å². The van der Waals surface area contributed by atoms with Crippen molar-refractivity contribution < 1.29 is 10.2 Å². The van der Waals surface area contributed by atoms with E-state index >= 15 is 0 Å². The first kappa shape index (κ1) is 17.3. The summed E-state index contributed by atoms with van der Waals surface area (Å²) in [7, 11) is 0. The van der Waals surface area contributed by atoms with Crippen LogP contribution in [0.5, 0.6) is 0 Å². The number of allylic oxidation sites excluding steroid dienone is 1. The normalized spacial score (nSPS) is 21.6. The lowest BCUT2D eigenvalue weighted by molar-refractivity contribution is 0.144. The van der Waals surface area contributed by atoms with Gasteiger partial charge in [0.25, 0.3) is 0 Å². The summed E-state index contributed by atoms with van der Waals surface area (Å²) in [5.41, 5.74) is 13.8. The smallest absolute Gasteiger partial charge is 0.126 e. The fourth-order valence-electron chi connectivity index (χ4n) is 2.41. The van der Waals surface area contributed by atoms with Gasteiger partial charge in [0.2, 0.25) is 0 Å². The first-order valence-corrected chi connectivity index (χ1v) is 7.84. The van der Waals surface area contributed by atoms with E-state index in [9.17, 15) is 5.11 Å². The Morgan fingerprint density at radius 1 is 1.26 bits per heavy atom. The van der Waals surface area contributed by atoms with Crippen LogP contribution in [-0.2, 0) is 0 Å². The van der Waals surface area contributed by atoms with E-state index in [0.717, 1.165) is 17.1 Å². The largest absolute Gasteiger partial charge is 0.399 e. The first-order valence-electron chi connectivity index (χ1n) is 7.84. The Labute approximate surface area is 136 Å². The molecule has 0 aromatic heterocycles. The van der Waals surface area contributed by atoms with Crippen molar-refractivity contribution in [2.24, 2.45) is 5.73 Å².